The Hall–Kier alpha value is -2.46. The van der Waals surface area contributed by atoms with Gasteiger partial charge in [-0.25, -0.2) is 9.78 Å². The van der Waals surface area contributed by atoms with Gasteiger partial charge in [0.2, 0.25) is 0 Å². The zero-order valence-corrected chi connectivity index (χ0v) is 21.7. The second kappa shape index (κ2) is 15.4. The molecule has 1 unspecified atom stereocenters. The molecule has 0 radical (unpaired) electrons. The third-order valence-corrected chi connectivity index (χ3v) is 6.72. The van der Waals surface area contributed by atoms with Crippen LogP contribution in [0, 0.1) is 12.3 Å². The molecule has 1 heterocycles. The van der Waals surface area contributed by atoms with Crippen LogP contribution in [0.2, 0.25) is 0 Å². The summed E-state index contributed by atoms with van der Waals surface area (Å²) in [6.45, 7) is 6.22. The quantitative estimate of drug-likeness (QED) is 0.0892. The molecule has 0 fully saturated rings. The zero-order valence-electron chi connectivity index (χ0n) is 20.9. The lowest BCUT2D eigenvalue weighted by atomic mass is 10.1. The largest absolute Gasteiger partial charge is 0.451 e. The second-order valence-electron chi connectivity index (χ2n) is 8.76. The number of nitrogens with zero attached hydrogens (tertiary/aromatic N) is 2. The van der Waals surface area contributed by atoms with Gasteiger partial charge in [-0.15, -0.1) is 17.8 Å². The van der Waals surface area contributed by atoms with E-state index in [-0.39, 0.29) is 11.9 Å². The molecule has 7 heteroatoms. The van der Waals surface area contributed by atoms with Gasteiger partial charge in [-0.05, 0) is 36.8 Å². The van der Waals surface area contributed by atoms with Crippen molar-refractivity contribution in [2.45, 2.75) is 110 Å². The van der Waals surface area contributed by atoms with E-state index in [4.69, 9.17) is 16.0 Å². The smallest absolute Gasteiger partial charge is 0.335 e. The van der Waals surface area contributed by atoms with E-state index in [0.717, 1.165) is 68.2 Å². The van der Waals surface area contributed by atoms with Crippen molar-refractivity contribution in [2.24, 2.45) is 5.16 Å². The van der Waals surface area contributed by atoms with Gasteiger partial charge in [0, 0.05) is 24.6 Å². The molecule has 1 aliphatic carbocycles. The highest BCUT2D eigenvalue weighted by molar-refractivity contribution is 7.10. The van der Waals surface area contributed by atoms with Crippen LogP contribution in [0.25, 0.3) is 5.57 Å². The number of aromatic nitrogens is 1. The minimum absolute atomic E-state index is 0.264. The Bertz CT molecular complexity index is 910. The molecule has 1 atom stereocenters. The fourth-order valence-electron chi connectivity index (χ4n) is 3.92. The van der Waals surface area contributed by atoms with Gasteiger partial charge in [-0.3, -0.25) is 4.79 Å². The number of unbranched alkanes of at least 4 members (excludes halogenated alkanes) is 8. The number of hydrogen-bond donors (Lipinski definition) is 0. The van der Waals surface area contributed by atoms with Crippen LogP contribution in [0.4, 0.5) is 0 Å². The average Bonchev–Trinajstić information content (AvgIpc) is 3.42. The van der Waals surface area contributed by atoms with Crippen LogP contribution in [0.15, 0.2) is 16.1 Å². The Balaban J connectivity index is 2.03. The number of thiazole rings is 1. The number of esters is 1. The number of hydrogen-bond acceptors (Lipinski definition) is 7. The summed E-state index contributed by atoms with van der Waals surface area (Å²) in [6.07, 6.45) is 16.5. The van der Waals surface area contributed by atoms with Gasteiger partial charge >= 0.3 is 11.9 Å². The van der Waals surface area contributed by atoms with Gasteiger partial charge in [-0.1, -0.05) is 70.4 Å². The van der Waals surface area contributed by atoms with E-state index in [0.29, 0.717) is 30.0 Å². The normalized spacial score (nSPS) is 16.6. The van der Waals surface area contributed by atoms with Crippen molar-refractivity contribution in [3.05, 3.63) is 21.7 Å². The summed E-state index contributed by atoms with van der Waals surface area (Å²) in [5.74, 6) is 1.92. The van der Waals surface area contributed by atoms with Gasteiger partial charge in [0.25, 0.3) is 0 Å². The summed E-state index contributed by atoms with van der Waals surface area (Å²) >= 11 is 1.39. The van der Waals surface area contributed by atoms with E-state index in [1.807, 2.05) is 12.3 Å². The van der Waals surface area contributed by atoms with Crippen LogP contribution in [-0.4, -0.2) is 28.7 Å². The Morgan fingerprint density at radius 1 is 1.06 bits per heavy atom. The van der Waals surface area contributed by atoms with Crippen molar-refractivity contribution in [2.75, 3.05) is 0 Å². The van der Waals surface area contributed by atoms with Crippen LogP contribution < -0.4 is 0 Å². The number of carbonyl (C=O) groups is 2. The topological polar surface area (TPSA) is 77.8 Å². The van der Waals surface area contributed by atoms with Gasteiger partial charge in [0.1, 0.15) is 5.71 Å². The highest BCUT2D eigenvalue weighted by Crippen LogP contribution is 2.35. The average molecular weight is 487 g/mol. The molecule has 0 spiro atoms. The Kier molecular flexibility index (Phi) is 12.6. The van der Waals surface area contributed by atoms with Crippen LogP contribution in [-0.2, 0) is 19.2 Å². The van der Waals surface area contributed by atoms with Crippen molar-refractivity contribution in [3.63, 3.8) is 0 Å². The molecule has 2 rings (SSSR count). The standard InChI is InChI=1S/C27H38N2O4S/c1-5-8-10-12-14-16-25(30)32-27-20(4)21(23-19-34-24(7-3)28-23)18-22(27)29-33-26(31)17-15-13-11-9-6-2/h3,19,27H,5-6,8-18H2,1-2,4H3/b29-22+. The number of rotatable bonds is 15. The molecule has 0 aromatic carbocycles. The number of carbonyl (C=O) groups excluding carboxylic acids is 2. The molecule has 1 aromatic heterocycles. The molecule has 34 heavy (non-hydrogen) atoms. The first-order valence-corrected chi connectivity index (χ1v) is 13.5. The summed E-state index contributed by atoms with van der Waals surface area (Å²) in [4.78, 5) is 34.4. The summed E-state index contributed by atoms with van der Waals surface area (Å²) in [5.41, 5.74) is 3.03. The monoisotopic (exact) mass is 486 g/mol. The molecule has 0 aliphatic heterocycles. The van der Waals surface area contributed by atoms with Crippen molar-refractivity contribution < 1.29 is 19.2 Å². The first kappa shape index (κ1) is 27.8. The van der Waals surface area contributed by atoms with E-state index < -0.39 is 6.10 Å². The molecule has 186 valence electrons. The van der Waals surface area contributed by atoms with E-state index in [2.05, 4.69) is 29.9 Å². The maximum Gasteiger partial charge on any atom is 0.335 e. The van der Waals surface area contributed by atoms with E-state index >= 15 is 0 Å². The summed E-state index contributed by atoms with van der Waals surface area (Å²) in [6, 6.07) is 0. The molecule has 1 aromatic rings. The maximum absolute atomic E-state index is 12.5. The molecule has 6 nitrogen and oxygen atoms in total. The number of ether oxygens (including phenoxy) is 1. The van der Waals surface area contributed by atoms with Crippen molar-refractivity contribution in [1.82, 2.24) is 4.98 Å². The number of allylic oxidation sites excluding steroid dienone is 1. The molecular formula is C27H38N2O4S. The van der Waals surface area contributed by atoms with Crippen LogP contribution >= 0.6 is 11.3 Å². The van der Waals surface area contributed by atoms with Gasteiger partial charge in [0.15, 0.2) is 11.1 Å². The maximum atomic E-state index is 12.5. The van der Waals surface area contributed by atoms with Crippen LogP contribution in [0.5, 0.6) is 0 Å². The molecule has 0 bridgehead atoms. The van der Waals surface area contributed by atoms with E-state index in [1.54, 1.807) is 0 Å². The minimum atomic E-state index is -0.647. The zero-order chi connectivity index (χ0) is 24.8. The van der Waals surface area contributed by atoms with Crippen molar-refractivity contribution >= 4 is 34.6 Å². The van der Waals surface area contributed by atoms with Crippen molar-refractivity contribution in [3.8, 4) is 12.3 Å². The molecule has 0 saturated carbocycles. The Morgan fingerprint density at radius 2 is 1.68 bits per heavy atom. The highest BCUT2D eigenvalue weighted by Gasteiger charge is 2.34. The fourth-order valence-corrected chi connectivity index (χ4v) is 4.56. The minimum Gasteiger partial charge on any atom is -0.451 e. The van der Waals surface area contributed by atoms with Crippen LogP contribution in [0.1, 0.15) is 115 Å². The predicted octanol–water partition coefficient (Wildman–Crippen LogP) is 6.83. The molecule has 0 amide bonds. The van der Waals surface area contributed by atoms with Crippen LogP contribution in [0.3, 0.4) is 0 Å². The SMILES string of the molecule is C#Cc1nc(C2=C(C)C(OC(=O)CCCCCCC)/C(=N/OC(=O)CCCCCCC)C2)cs1. The van der Waals surface area contributed by atoms with Gasteiger partial charge < -0.3 is 9.57 Å². The summed E-state index contributed by atoms with van der Waals surface area (Å²) in [5, 5.41) is 6.62. The molecule has 0 N–H and O–H groups in total. The van der Waals surface area contributed by atoms with Crippen molar-refractivity contribution in [1.29, 1.82) is 0 Å². The number of oxime groups is 1. The Labute approximate surface area is 208 Å². The molecule has 1 aliphatic rings. The Morgan fingerprint density at radius 3 is 2.26 bits per heavy atom. The summed E-state index contributed by atoms with van der Waals surface area (Å²) < 4.78 is 5.80. The van der Waals surface area contributed by atoms with Gasteiger partial charge in [0.05, 0.1) is 5.69 Å². The highest BCUT2D eigenvalue weighted by atomic mass is 32.1. The molecular weight excluding hydrogens is 448 g/mol. The van der Waals surface area contributed by atoms with E-state index in [1.165, 1.54) is 24.2 Å². The number of terminal acetylenes is 1. The van der Waals surface area contributed by atoms with E-state index in [9.17, 15) is 9.59 Å². The first-order valence-electron chi connectivity index (χ1n) is 12.6. The van der Waals surface area contributed by atoms with Gasteiger partial charge in [-0.2, -0.15) is 0 Å². The summed E-state index contributed by atoms with van der Waals surface area (Å²) in [7, 11) is 0. The second-order valence-corrected chi connectivity index (χ2v) is 9.62. The third kappa shape index (κ3) is 9.06. The lowest BCUT2D eigenvalue weighted by Gasteiger charge is -2.15. The lowest BCUT2D eigenvalue weighted by Crippen LogP contribution is -2.25. The fraction of sp³-hybridized carbons (Fsp3) is 0.630. The predicted molar refractivity (Wildman–Crippen MR) is 137 cm³/mol. The first-order chi connectivity index (χ1) is 16.5. The lowest BCUT2D eigenvalue weighted by molar-refractivity contribution is -0.145. The third-order valence-electron chi connectivity index (χ3n) is 5.95. The molecule has 0 saturated heterocycles.